The van der Waals surface area contributed by atoms with Crippen LogP contribution < -0.4 is 16.0 Å². The SMILES string of the molecule is C=C(C)[C@@H]1CC=C([C@H]2C(C#N)=C(N)Oc3c2c(=O)n(C)c2ccccc32)CC1. The van der Waals surface area contributed by atoms with Crippen LogP contribution in [0, 0.1) is 17.2 Å². The molecule has 2 atom stereocenters. The molecule has 0 radical (unpaired) electrons. The zero-order valence-corrected chi connectivity index (χ0v) is 16.2. The lowest BCUT2D eigenvalue weighted by Gasteiger charge is -2.31. The van der Waals surface area contributed by atoms with Crippen LogP contribution in [-0.4, -0.2) is 4.57 Å². The van der Waals surface area contributed by atoms with E-state index in [-0.39, 0.29) is 11.4 Å². The summed E-state index contributed by atoms with van der Waals surface area (Å²) in [6.07, 6.45) is 4.78. The summed E-state index contributed by atoms with van der Waals surface area (Å²) in [6.45, 7) is 6.12. The van der Waals surface area contributed by atoms with E-state index < -0.39 is 5.92 Å². The van der Waals surface area contributed by atoms with Crippen molar-refractivity contribution in [2.75, 3.05) is 0 Å². The highest BCUT2D eigenvalue weighted by molar-refractivity contribution is 5.88. The number of ether oxygens (including phenoxy) is 1. The first-order chi connectivity index (χ1) is 13.4. The van der Waals surface area contributed by atoms with Gasteiger partial charge in [0.1, 0.15) is 17.4 Å². The Hall–Kier alpha value is -3.26. The van der Waals surface area contributed by atoms with Gasteiger partial charge < -0.3 is 15.0 Å². The average Bonchev–Trinajstić information content (AvgIpc) is 2.71. The monoisotopic (exact) mass is 373 g/mol. The fourth-order valence-corrected chi connectivity index (χ4v) is 4.36. The van der Waals surface area contributed by atoms with Crippen LogP contribution in [0.4, 0.5) is 0 Å². The molecule has 142 valence electrons. The Labute approximate surface area is 164 Å². The van der Waals surface area contributed by atoms with Crippen LogP contribution in [0.15, 0.2) is 64.3 Å². The number of aryl methyl sites for hydroxylation is 1. The van der Waals surface area contributed by atoms with Crippen molar-refractivity contribution in [1.29, 1.82) is 5.26 Å². The van der Waals surface area contributed by atoms with Gasteiger partial charge in [-0.2, -0.15) is 5.26 Å². The van der Waals surface area contributed by atoms with Crippen LogP contribution >= 0.6 is 0 Å². The summed E-state index contributed by atoms with van der Waals surface area (Å²) < 4.78 is 7.47. The molecule has 1 aliphatic heterocycles. The lowest BCUT2D eigenvalue weighted by molar-refractivity contribution is 0.392. The quantitative estimate of drug-likeness (QED) is 0.807. The van der Waals surface area contributed by atoms with Gasteiger partial charge in [-0.1, -0.05) is 35.9 Å². The van der Waals surface area contributed by atoms with E-state index in [4.69, 9.17) is 10.5 Å². The van der Waals surface area contributed by atoms with Gasteiger partial charge in [-0.05, 0) is 44.2 Å². The van der Waals surface area contributed by atoms with E-state index in [0.29, 0.717) is 22.8 Å². The van der Waals surface area contributed by atoms with E-state index in [1.54, 1.807) is 11.6 Å². The van der Waals surface area contributed by atoms with E-state index in [9.17, 15) is 10.1 Å². The maximum atomic E-state index is 13.3. The van der Waals surface area contributed by atoms with E-state index in [0.717, 1.165) is 35.7 Å². The van der Waals surface area contributed by atoms with Gasteiger partial charge in [0.2, 0.25) is 5.88 Å². The Bertz CT molecular complexity index is 1160. The molecule has 0 amide bonds. The third-order valence-electron chi connectivity index (χ3n) is 5.98. The Balaban J connectivity index is 1.97. The van der Waals surface area contributed by atoms with Gasteiger partial charge in [0.15, 0.2) is 0 Å². The summed E-state index contributed by atoms with van der Waals surface area (Å²) in [5.74, 6) is 0.543. The highest BCUT2D eigenvalue weighted by Crippen LogP contribution is 2.46. The van der Waals surface area contributed by atoms with Crippen LogP contribution in [0.3, 0.4) is 0 Å². The van der Waals surface area contributed by atoms with Gasteiger partial charge in [-0.3, -0.25) is 4.79 Å². The number of nitrogens with zero attached hydrogens (tertiary/aromatic N) is 2. The minimum absolute atomic E-state index is 0.0846. The highest BCUT2D eigenvalue weighted by atomic mass is 16.5. The standard InChI is InChI=1S/C23H23N3O2/c1-13(2)14-8-10-15(11-9-14)19-17(12-24)22(25)28-21-16-6-4-5-7-18(16)26(3)23(27)20(19)21/h4-7,10,14,19H,1,8-9,11,25H2,2-3H3/t14-,19+/m1/s1. The molecule has 5 heteroatoms. The minimum Gasteiger partial charge on any atom is -0.439 e. The second-order valence-corrected chi connectivity index (χ2v) is 7.65. The predicted molar refractivity (Wildman–Crippen MR) is 110 cm³/mol. The third kappa shape index (κ3) is 2.65. The molecular weight excluding hydrogens is 350 g/mol. The molecule has 0 bridgehead atoms. The van der Waals surface area contributed by atoms with Crippen LogP contribution in [0.25, 0.3) is 10.9 Å². The van der Waals surface area contributed by atoms with Gasteiger partial charge in [-0.15, -0.1) is 0 Å². The molecule has 0 unspecified atom stereocenters. The Kier molecular flexibility index (Phi) is 4.35. The molecule has 1 aromatic heterocycles. The number of pyridine rings is 1. The molecule has 0 saturated carbocycles. The van der Waals surface area contributed by atoms with Gasteiger partial charge >= 0.3 is 0 Å². The number of para-hydroxylation sites is 1. The second-order valence-electron chi connectivity index (χ2n) is 7.65. The van der Waals surface area contributed by atoms with E-state index in [1.807, 2.05) is 31.2 Å². The molecule has 1 aromatic carbocycles. The van der Waals surface area contributed by atoms with Gasteiger partial charge in [0, 0.05) is 12.4 Å². The van der Waals surface area contributed by atoms with Crippen molar-refractivity contribution >= 4 is 10.9 Å². The van der Waals surface area contributed by atoms with Crippen molar-refractivity contribution in [3.63, 3.8) is 0 Å². The fourth-order valence-electron chi connectivity index (χ4n) is 4.36. The average molecular weight is 373 g/mol. The van der Waals surface area contributed by atoms with Crippen molar-refractivity contribution in [2.24, 2.45) is 18.7 Å². The van der Waals surface area contributed by atoms with Gasteiger partial charge in [0.05, 0.1) is 17.0 Å². The number of hydrogen-bond donors (Lipinski definition) is 1. The lowest BCUT2D eigenvalue weighted by Crippen LogP contribution is -2.31. The number of nitriles is 1. The molecular formula is C23H23N3O2. The number of fused-ring (bicyclic) bond motifs is 3. The van der Waals surface area contributed by atoms with Gasteiger partial charge in [0.25, 0.3) is 5.56 Å². The van der Waals surface area contributed by atoms with E-state index in [2.05, 4.69) is 18.7 Å². The molecule has 0 spiro atoms. The molecule has 2 N–H and O–H groups in total. The molecule has 0 fully saturated rings. The largest absolute Gasteiger partial charge is 0.439 e. The smallest absolute Gasteiger partial charge is 0.258 e. The maximum absolute atomic E-state index is 13.3. The first-order valence-corrected chi connectivity index (χ1v) is 9.47. The molecule has 1 aliphatic carbocycles. The summed E-state index contributed by atoms with van der Waals surface area (Å²) in [6, 6.07) is 9.78. The second kappa shape index (κ2) is 6.72. The highest BCUT2D eigenvalue weighted by Gasteiger charge is 2.37. The third-order valence-corrected chi connectivity index (χ3v) is 5.98. The Morgan fingerprint density at radius 1 is 1.39 bits per heavy atom. The number of nitrogens with two attached hydrogens (primary N) is 1. The van der Waals surface area contributed by atoms with Crippen LogP contribution in [0.1, 0.15) is 37.7 Å². The summed E-state index contributed by atoms with van der Waals surface area (Å²) in [5, 5.41) is 10.6. The Morgan fingerprint density at radius 3 is 2.79 bits per heavy atom. The normalized spacial score (nSPS) is 21.5. The molecule has 2 heterocycles. The molecule has 28 heavy (non-hydrogen) atoms. The maximum Gasteiger partial charge on any atom is 0.258 e. The van der Waals surface area contributed by atoms with Crippen molar-refractivity contribution in [2.45, 2.75) is 32.1 Å². The summed E-state index contributed by atoms with van der Waals surface area (Å²) >= 11 is 0. The summed E-state index contributed by atoms with van der Waals surface area (Å²) in [4.78, 5) is 13.3. The topological polar surface area (TPSA) is 81.0 Å². The summed E-state index contributed by atoms with van der Waals surface area (Å²) in [7, 11) is 1.75. The fraction of sp³-hybridized carbons (Fsp3) is 0.304. The van der Waals surface area contributed by atoms with Crippen LogP contribution in [0.2, 0.25) is 0 Å². The molecule has 5 nitrogen and oxygen atoms in total. The van der Waals surface area contributed by atoms with Crippen molar-refractivity contribution < 1.29 is 4.74 Å². The molecule has 2 aliphatic rings. The lowest BCUT2D eigenvalue weighted by atomic mass is 9.75. The van der Waals surface area contributed by atoms with E-state index in [1.165, 1.54) is 5.57 Å². The first-order valence-electron chi connectivity index (χ1n) is 9.47. The molecule has 2 aromatic rings. The first kappa shape index (κ1) is 18.1. The van der Waals surface area contributed by atoms with Crippen molar-refractivity contribution in [3.8, 4) is 11.8 Å². The van der Waals surface area contributed by atoms with Gasteiger partial charge in [-0.25, -0.2) is 0 Å². The van der Waals surface area contributed by atoms with Crippen molar-refractivity contribution in [1.82, 2.24) is 4.57 Å². The Morgan fingerprint density at radius 2 is 2.14 bits per heavy atom. The number of benzene rings is 1. The number of allylic oxidation sites excluding steroid dienone is 4. The van der Waals surface area contributed by atoms with Crippen LogP contribution in [-0.2, 0) is 7.05 Å². The predicted octanol–water partition coefficient (Wildman–Crippen LogP) is 4.01. The van der Waals surface area contributed by atoms with Crippen LogP contribution in [0.5, 0.6) is 5.75 Å². The molecule has 0 saturated heterocycles. The number of rotatable bonds is 2. The zero-order valence-electron chi connectivity index (χ0n) is 16.2. The number of hydrogen-bond acceptors (Lipinski definition) is 4. The minimum atomic E-state index is -0.455. The van der Waals surface area contributed by atoms with E-state index >= 15 is 0 Å². The summed E-state index contributed by atoms with van der Waals surface area (Å²) in [5.41, 5.74) is 9.82. The molecule has 4 rings (SSSR count). The zero-order chi connectivity index (χ0) is 20.0. The van der Waals surface area contributed by atoms with Crippen molar-refractivity contribution in [3.05, 3.63) is 75.4 Å². The number of aromatic nitrogens is 1.